The number of nitrogens with zero attached hydrogens (tertiary/aromatic N) is 3. The summed E-state index contributed by atoms with van der Waals surface area (Å²) in [6, 6.07) is 5.79. The van der Waals surface area contributed by atoms with Crippen LogP contribution >= 0.6 is 0 Å². The second-order valence-electron chi connectivity index (χ2n) is 5.37. The molecule has 1 atom stereocenters. The molecule has 2 aromatic rings. The number of carbonyl (C=O) groups is 1. The molecule has 5 nitrogen and oxygen atoms in total. The zero-order valence-corrected chi connectivity index (χ0v) is 12.2. The Labute approximate surface area is 124 Å². The second kappa shape index (κ2) is 6.08. The van der Waals surface area contributed by atoms with Crippen molar-refractivity contribution < 1.29 is 9.32 Å². The largest absolute Gasteiger partial charge is 0.361 e. The zero-order valence-electron chi connectivity index (χ0n) is 12.2. The van der Waals surface area contributed by atoms with Crippen molar-refractivity contribution in [3.8, 4) is 0 Å². The van der Waals surface area contributed by atoms with Crippen molar-refractivity contribution in [1.29, 1.82) is 0 Å². The van der Waals surface area contributed by atoms with Gasteiger partial charge >= 0.3 is 0 Å². The summed E-state index contributed by atoms with van der Waals surface area (Å²) in [6.07, 6.45) is 7.35. The fourth-order valence-corrected chi connectivity index (χ4v) is 2.85. The van der Waals surface area contributed by atoms with Gasteiger partial charge in [0.1, 0.15) is 5.76 Å². The third-order valence-electron chi connectivity index (χ3n) is 3.86. The van der Waals surface area contributed by atoms with Gasteiger partial charge in [0, 0.05) is 31.4 Å². The van der Waals surface area contributed by atoms with Crippen LogP contribution in [0.2, 0.25) is 0 Å². The van der Waals surface area contributed by atoms with Crippen LogP contribution in [0.3, 0.4) is 0 Å². The zero-order chi connectivity index (χ0) is 14.7. The van der Waals surface area contributed by atoms with Gasteiger partial charge in [-0.15, -0.1) is 0 Å². The van der Waals surface area contributed by atoms with Crippen molar-refractivity contribution in [3.05, 3.63) is 47.6 Å². The number of aryl methyl sites for hydroxylation is 1. The Hall–Kier alpha value is -2.17. The fourth-order valence-electron chi connectivity index (χ4n) is 2.85. The minimum atomic E-state index is -0.0487. The molecule has 1 aliphatic rings. The number of carbonyl (C=O) groups excluding carboxylic acids is 1. The molecule has 21 heavy (non-hydrogen) atoms. The summed E-state index contributed by atoms with van der Waals surface area (Å²) in [5.41, 5.74) is 1.50. The topological polar surface area (TPSA) is 59.2 Å². The summed E-state index contributed by atoms with van der Waals surface area (Å²) in [5.74, 6) is 0.727. The highest BCUT2D eigenvalue weighted by Crippen LogP contribution is 2.32. The van der Waals surface area contributed by atoms with Crippen LogP contribution in [-0.4, -0.2) is 27.5 Å². The summed E-state index contributed by atoms with van der Waals surface area (Å²) in [5, 5.41) is 3.93. The van der Waals surface area contributed by atoms with Gasteiger partial charge in [0.15, 0.2) is 5.69 Å². The maximum Gasteiger partial charge on any atom is 0.276 e. The van der Waals surface area contributed by atoms with E-state index in [0.29, 0.717) is 5.69 Å². The molecule has 0 aromatic carbocycles. The second-order valence-corrected chi connectivity index (χ2v) is 5.37. The molecule has 3 heterocycles. The SMILES string of the molecule is CCCc1cc(C(=O)N2CCC[C@H]2c2cccnc2)no1. The number of rotatable bonds is 4. The molecule has 0 unspecified atom stereocenters. The molecule has 0 aliphatic carbocycles. The van der Waals surface area contributed by atoms with Crippen LogP contribution in [0.25, 0.3) is 0 Å². The lowest BCUT2D eigenvalue weighted by atomic mass is 10.1. The molecule has 110 valence electrons. The van der Waals surface area contributed by atoms with E-state index in [4.69, 9.17) is 4.52 Å². The van der Waals surface area contributed by atoms with E-state index in [1.54, 1.807) is 12.3 Å². The predicted octanol–water partition coefficient (Wildman–Crippen LogP) is 3.00. The number of amides is 1. The van der Waals surface area contributed by atoms with E-state index in [1.807, 2.05) is 23.2 Å². The van der Waals surface area contributed by atoms with Crippen LogP contribution < -0.4 is 0 Å². The summed E-state index contributed by atoms with van der Waals surface area (Å²) < 4.78 is 5.22. The lowest BCUT2D eigenvalue weighted by Gasteiger charge is -2.23. The summed E-state index contributed by atoms with van der Waals surface area (Å²) in [4.78, 5) is 18.7. The van der Waals surface area contributed by atoms with Crippen LogP contribution in [0.1, 0.15) is 54.0 Å². The number of pyridine rings is 1. The molecule has 0 bridgehead atoms. The monoisotopic (exact) mass is 285 g/mol. The molecule has 3 rings (SSSR count). The van der Waals surface area contributed by atoms with Crippen molar-refractivity contribution in [1.82, 2.24) is 15.0 Å². The van der Waals surface area contributed by atoms with Gasteiger partial charge in [0.2, 0.25) is 0 Å². The van der Waals surface area contributed by atoms with Crippen molar-refractivity contribution in [2.45, 2.75) is 38.6 Å². The fraction of sp³-hybridized carbons (Fsp3) is 0.438. The Morgan fingerprint density at radius 1 is 1.52 bits per heavy atom. The Morgan fingerprint density at radius 2 is 2.43 bits per heavy atom. The van der Waals surface area contributed by atoms with E-state index in [0.717, 1.165) is 43.6 Å². The number of hydrogen-bond donors (Lipinski definition) is 0. The molecule has 1 aliphatic heterocycles. The number of likely N-dealkylation sites (tertiary alicyclic amines) is 1. The molecule has 2 aromatic heterocycles. The first-order chi connectivity index (χ1) is 10.3. The Balaban J connectivity index is 1.79. The Kier molecular flexibility index (Phi) is 3.99. The van der Waals surface area contributed by atoms with Crippen LogP contribution in [0, 0.1) is 0 Å². The minimum Gasteiger partial charge on any atom is -0.361 e. The van der Waals surface area contributed by atoms with E-state index in [-0.39, 0.29) is 11.9 Å². The van der Waals surface area contributed by atoms with Gasteiger partial charge in [-0.05, 0) is 30.9 Å². The highest BCUT2D eigenvalue weighted by molar-refractivity contribution is 5.92. The third kappa shape index (κ3) is 2.82. The molecule has 0 radical (unpaired) electrons. The van der Waals surface area contributed by atoms with Crippen molar-refractivity contribution in [2.75, 3.05) is 6.54 Å². The molecule has 1 saturated heterocycles. The highest BCUT2D eigenvalue weighted by Gasteiger charge is 2.32. The standard InChI is InChI=1S/C16H19N3O2/c1-2-5-13-10-14(18-21-13)16(20)19-9-4-7-15(19)12-6-3-8-17-11-12/h3,6,8,10-11,15H,2,4-5,7,9H2,1H3/t15-/m0/s1. The van der Waals surface area contributed by atoms with Gasteiger partial charge in [-0.25, -0.2) is 0 Å². The first kappa shape index (κ1) is 13.8. The predicted molar refractivity (Wildman–Crippen MR) is 77.7 cm³/mol. The Bertz CT molecular complexity index is 609. The normalized spacial score (nSPS) is 18.1. The number of hydrogen-bond acceptors (Lipinski definition) is 4. The first-order valence-corrected chi connectivity index (χ1v) is 7.46. The molecule has 0 saturated carbocycles. The van der Waals surface area contributed by atoms with Crippen LogP contribution in [0.4, 0.5) is 0 Å². The van der Waals surface area contributed by atoms with E-state index in [9.17, 15) is 4.79 Å². The quantitative estimate of drug-likeness (QED) is 0.866. The molecule has 1 amide bonds. The van der Waals surface area contributed by atoms with Crippen LogP contribution in [0.15, 0.2) is 35.1 Å². The smallest absolute Gasteiger partial charge is 0.276 e. The van der Waals surface area contributed by atoms with Gasteiger partial charge in [-0.1, -0.05) is 18.1 Å². The average molecular weight is 285 g/mol. The summed E-state index contributed by atoms with van der Waals surface area (Å²) >= 11 is 0. The van der Waals surface area contributed by atoms with Gasteiger partial charge in [-0.2, -0.15) is 0 Å². The van der Waals surface area contributed by atoms with E-state index >= 15 is 0 Å². The molecule has 5 heteroatoms. The molecule has 0 spiro atoms. The molecule has 0 N–H and O–H groups in total. The van der Waals surface area contributed by atoms with Crippen LogP contribution in [-0.2, 0) is 6.42 Å². The van der Waals surface area contributed by atoms with E-state index < -0.39 is 0 Å². The molecular formula is C16H19N3O2. The van der Waals surface area contributed by atoms with Crippen molar-refractivity contribution in [3.63, 3.8) is 0 Å². The maximum absolute atomic E-state index is 12.6. The third-order valence-corrected chi connectivity index (χ3v) is 3.86. The maximum atomic E-state index is 12.6. The van der Waals surface area contributed by atoms with Crippen LogP contribution in [0.5, 0.6) is 0 Å². The van der Waals surface area contributed by atoms with Crippen molar-refractivity contribution in [2.24, 2.45) is 0 Å². The molecule has 1 fully saturated rings. The highest BCUT2D eigenvalue weighted by atomic mass is 16.5. The first-order valence-electron chi connectivity index (χ1n) is 7.46. The minimum absolute atomic E-state index is 0.0487. The summed E-state index contributed by atoms with van der Waals surface area (Å²) in [6.45, 7) is 2.83. The summed E-state index contributed by atoms with van der Waals surface area (Å²) in [7, 11) is 0. The lowest BCUT2D eigenvalue weighted by Crippen LogP contribution is -2.30. The van der Waals surface area contributed by atoms with E-state index in [1.165, 1.54) is 0 Å². The lowest BCUT2D eigenvalue weighted by molar-refractivity contribution is 0.0725. The number of aromatic nitrogens is 2. The molecular weight excluding hydrogens is 266 g/mol. The van der Waals surface area contributed by atoms with Crippen molar-refractivity contribution >= 4 is 5.91 Å². The van der Waals surface area contributed by atoms with Gasteiger partial charge in [0.25, 0.3) is 5.91 Å². The Morgan fingerprint density at radius 3 is 3.19 bits per heavy atom. The average Bonchev–Trinajstić information content (AvgIpc) is 3.17. The van der Waals surface area contributed by atoms with Gasteiger partial charge in [0.05, 0.1) is 6.04 Å². The van der Waals surface area contributed by atoms with E-state index in [2.05, 4.69) is 17.1 Å². The van der Waals surface area contributed by atoms with Gasteiger partial charge in [-0.3, -0.25) is 9.78 Å². The van der Waals surface area contributed by atoms with Gasteiger partial charge < -0.3 is 9.42 Å².